The Kier molecular flexibility index (Phi) is 6.09. The molecule has 0 radical (unpaired) electrons. The molecule has 7 rings (SSSR count). The zero-order chi connectivity index (χ0) is 26.6. The summed E-state index contributed by atoms with van der Waals surface area (Å²) in [7, 11) is 0. The van der Waals surface area contributed by atoms with Gasteiger partial charge in [0.15, 0.2) is 5.84 Å². The molecule has 204 valence electrons. The van der Waals surface area contributed by atoms with Crippen molar-refractivity contribution in [3.05, 3.63) is 47.8 Å². The summed E-state index contributed by atoms with van der Waals surface area (Å²) < 4.78 is 7.62. The van der Waals surface area contributed by atoms with E-state index in [0.717, 1.165) is 97.6 Å². The van der Waals surface area contributed by atoms with Gasteiger partial charge in [-0.25, -0.2) is 9.97 Å². The fourth-order valence-electron chi connectivity index (χ4n) is 6.51. The van der Waals surface area contributed by atoms with Crippen LogP contribution < -0.4 is 15.5 Å². The average Bonchev–Trinajstić information content (AvgIpc) is 3.68. The van der Waals surface area contributed by atoms with Gasteiger partial charge in [0.2, 0.25) is 0 Å². The zero-order valence-electron chi connectivity index (χ0n) is 22.3. The number of piperidine rings is 1. The van der Waals surface area contributed by atoms with E-state index in [4.69, 9.17) is 30.4 Å². The standard InChI is InChI=1S/C28H35N9O2/c1-18-26(29)28(17-39-18)6-9-35(10-7-28)24-15-30-25-22(34-24)14-31-27(25)37-8-2-3-21-23(37)5-4-20(33-21)19-13-32-36(16-19)11-12-38/h4-5,13,15-16,18,26,38H,2-3,6-12,14,17,29H2,1H3/t18-,26+/m0/s1. The highest BCUT2D eigenvalue weighted by Crippen LogP contribution is 2.42. The molecule has 0 saturated carbocycles. The van der Waals surface area contributed by atoms with Gasteiger partial charge in [-0.1, -0.05) is 0 Å². The summed E-state index contributed by atoms with van der Waals surface area (Å²) in [6, 6.07) is 4.27. The molecule has 39 heavy (non-hydrogen) atoms. The maximum absolute atomic E-state index is 9.18. The summed E-state index contributed by atoms with van der Waals surface area (Å²) in [4.78, 5) is 24.4. The van der Waals surface area contributed by atoms with Crippen LogP contribution in [0.2, 0.25) is 0 Å². The molecule has 2 atom stereocenters. The van der Waals surface area contributed by atoms with Crippen molar-refractivity contribution in [3.8, 4) is 11.3 Å². The molecule has 4 aliphatic heterocycles. The van der Waals surface area contributed by atoms with Crippen LogP contribution >= 0.6 is 0 Å². The van der Waals surface area contributed by atoms with Gasteiger partial charge in [-0.05, 0) is 44.7 Å². The number of ether oxygens (including phenoxy) is 1. The number of hydrogen-bond acceptors (Lipinski definition) is 10. The Balaban J connectivity index is 1.08. The SMILES string of the molecule is C[C@@H]1OCC2(CCN(c3cnc4c(n3)CN=C4N3CCCc4nc(-c5cnn(CCO)c5)ccc43)CC2)[C@@H]1N. The molecular formula is C28H35N9O2. The lowest BCUT2D eigenvalue weighted by Crippen LogP contribution is -2.50. The summed E-state index contributed by atoms with van der Waals surface area (Å²) in [5.74, 6) is 1.81. The summed E-state index contributed by atoms with van der Waals surface area (Å²) >= 11 is 0. The normalized spacial score (nSPS) is 23.7. The fraction of sp³-hybridized carbons (Fsp3) is 0.536. The highest BCUT2D eigenvalue weighted by Gasteiger charge is 2.47. The van der Waals surface area contributed by atoms with Crippen LogP contribution in [0.3, 0.4) is 0 Å². The Morgan fingerprint density at radius 1 is 1.13 bits per heavy atom. The topological polar surface area (TPSA) is 131 Å². The molecule has 3 N–H and O–H groups in total. The van der Waals surface area contributed by atoms with Crippen molar-refractivity contribution in [1.29, 1.82) is 0 Å². The van der Waals surface area contributed by atoms with E-state index in [2.05, 4.69) is 27.9 Å². The predicted molar refractivity (Wildman–Crippen MR) is 148 cm³/mol. The van der Waals surface area contributed by atoms with Crippen LogP contribution in [0.15, 0.2) is 35.7 Å². The number of rotatable bonds is 4. The van der Waals surface area contributed by atoms with Gasteiger partial charge in [-0.15, -0.1) is 0 Å². The summed E-state index contributed by atoms with van der Waals surface area (Å²) in [6.45, 7) is 6.62. The van der Waals surface area contributed by atoms with E-state index >= 15 is 0 Å². The van der Waals surface area contributed by atoms with E-state index in [0.29, 0.717) is 13.1 Å². The van der Waals surface area contributed by atoms with E-state index in [-0.39, 0.29) is 24.2 Å². The first-order valence-electron chi connectivity index (χ1n) is 14.0. The number of aliphatic hydroxyl groups excluding tert-OH is 1. The van der Waals surface area contributed by atoms with Gasteiger partial charge >= 0.3 is 0 Å². The number of pyridine rings is 1. The highest BCUT2D eigenvalue weighted by atomic mass is 16.5. The van der Waals surface area contributed by atoms with Crippen molar-refractivity contribution in [2.75, 3.05) is 42.6 Å². The van der Waals surface area contributed by atoms with Crippen molar-refractivity contribution in [2.45, 2.75) is 57.8 Å². The molecule has 0 unspecified atom stereocenters. The molecule has 3 aromatic heterocycles. The number of fused-ring (bicyclic) bond motifs is 2. The van der Waals surface area contributed by atoms with E-state index in [1.54, 1.807) is 10.9 Å². The molecule has 4 aliphatic rings. The van der Waals surface area contributed by atoms with Crippen molar-refractivity contribution in [3.63, 3.8) is 0 Å². The number of aromatic nitrogens is 5. The molecule has 11 heteroatoms. The number of aliphatic imine (C=N–C) groups is 1. The average molecular weight is 530 g/mol. The molecule has 0 amide bonds. The summed E-state index contributed by atoms with van der Waals surface area (Å²) in [5.41, 5.74) is 12.4. The first kappa shape index (κ1) is 24.6. The van der Waals surface area contributed by atoms with Gasteiger partial charge in [0.05, 0.1) is 67.6 Å². The Bertz CT molecular complexity index is 1410. The minimum Gasteiger partial charge on any atom is -0.394 e. The smallest absolute Gasteiger partial charge is 0.156 e. The van der Waals surface area contributed by atoms with Gasteiger partial charge in [0.1, 0.15) is 11.5 Å². The summed E-state index contributed by atoms with van der Waals surface area (Å²) in [6.07, 6.45) is 9.70. The van der Waals surface area contributed by atoms with E-state index < -0.39 is 0 Å². The van der Waals surface area contributed by atoms with Gasteiger partial charge in [0.25, 0.3) is 0 Å². The minimum atomic E-state index is 0.0594. The van der Waals surface area contributed by atoms with Crippen molar-refractivity contribution >= 4 is 17.3 Å². The maximum Gasteiger partial charge on any atom is 0.156 e. The third-order valence-corrected chi connectivity index (χ3v) is 8.90. The van der Waals surface area contributed by atoms with E-state index in [1.165, 1.54) is 0 Å². The summed E-state index contributed by atoms with van der Waals surface area (Å²) in [5, 5.41) is 13.5. The largest absolute Gasteiger partial charge is 0.394 e. The molecule has 11 nitrogen and oxygen atoms in total. The van der Waals surface area contributed by atoms with E-state index in [9.17, 15) is 5.11 Å². The van der Waals surface area contributed by atoms with Crippen LogP contribution in [-0.4, -0.2) is 80.7 Å². The van der Waals surface area contributed by atoms with Crippen molar-refractivity contribution in [1.82, 2.24) is 24.7 Å². The van der Waals surface area contributed by atoms with Gasteiger partial charge in [-0.3, -0.25) is 14.7 Å². The number of hydrogen-bond donors (Lipinski definition) is 2. The van der Waals surface area contributed by atoms with Gasteiger partial charge in [-0.2, -0.15) is 5.10 Å². The zero-order valence-corrected chi connectivity index (χ0v) is 22.3. The lowest BCUT2D eigenvalue weighted by Gasteiger charge is -2.41. The van der Waals surface area contributed by atoms with Crippen LogP contribution in [-0.2, 0) is 24.2 Å². The lowest BCUT2D eigenvalue weighted by atomic mass is 9.73. The Labute approximate surface area is 227 Å². The second-order valence-electron chi connectivity index (χ2n) is 11.2. The third-order valence-electron chi connectivity index (χ3n) is 8.90. The fourth-order valence-corrected chi connectivity index (χ4v) is 6.51. The number of amidine groups is 1. The lowest BCUT2D eigenvalue weighted by molar-refractivity contribution is 0.0974. The first-order valence-corrected chi connectivity index (χ1v) is 14.0. The van der Waals surface area contributed by atoms with Crippen LogP contribution in [0.25, 0.3) is 11.3 Å². The third kappa shape index (κ3) is 4.19. The quantitative estimate of drug-likeness (QED) is 0.519. The molecule has 0 bridgehead atoms. The van der Waals surface area contributed by atoms with E-state index in [1.807, 2.05) is 18.5 Å². The van der Waals surface area contributed by atoms with Crippen molar-refractivity contribution < 1.29 is 9.84 Å². The molecular weight excluding hydrogens is 494 g/mol. The van der Waals surface area contributed by atoms with Crippen LogP contribution in [0.1, 0.15) is 43.3 Å². The number of aryl methyl sites for hydroxylation is 1. The first-order chi connectivity index (χ1) is 19.0. The number of nitrogens with two attached hydrogens (primary N) is 1. The molecule has 0 aromatic carbocycles. The Hall–Kier alpha value is -3.41. The molecule has 1 spiro atoms. The number of anilines is 2. The Morgan fingerprint density at radius 3 is 2.79 bits per heavy atom. The number of nitrogens with zero attached hydrogens (tertiary/aromatic N) is 8. The Morgan fingerprint density at radius 2 is 2.00 bits per heavy atom. The second kappa shape index (κ2) is 9.65. The molecule has 2 fully saturated rings. The second-order valence-corrected chi connectivity index (χ2v) is 11.2. The highest BCUT2D eigenvalue weighted by molar-refractivity contribution is 6.11. The monoisotopic (exact) mass is 529 g/mol. The predicted octanol–water partition coefficient (Wildman–Crippen LogP) is 1.77. The van der Waals surface area contributed by atoms with Crippen LogP contribution in [0, 0.1) is 5.41 Å². The van der Waals surface area contributed by atoms with Crippen molar-refractivity contribution in [2.24, 2.45) is 16.1 Å². The molecule has 3 aromatic rings. The molecule has 2 saturated heterocycles. The van der Waals surface area contributed by atoms with Crippen LogP contribution in [0.4, 0.5) is 11.5 Å². The minimum absolute atomic E-state index is 0.0594. The molecule has 0 aliphatic carbocycles. The van der Waals surface area contributed by atoms with Crippen LogP contribution in [0.5, 0.6) is 0 Å². The maximum atomic E-state index is 9.18. The number of aliphatic hydroxyl groups is 1. The van der Waals surface area contributed by atoms with Gasteiger partial charge in [0, 0.05) is 42.9 Å². The molecule has 7 heterocycles. The van der Waals surface area contributed by atoms with Gasteiger partial charge < -0.3 is 25.4 Å².